The average molecular weight is 519 g/mol. The molecule has 5 amide bonds. The summed E-state index contributed by atoms with van der Waals surface area (Å²) in [5, 5.41) is 2.38. The van der Waals surface area contributed by atoms with Crippen LogP contribution in [0.5, 0.6) is 0 Å². The monoisotopic (exact) mass is 519 g/mol. The van der Waals surface area contributed by atoms with Crippen LogP contribution in [0.4, 0.5) is 0 Å². The third kappa shape index (κ3) is 11.3. The molecule has 2 N–H and O–H groups in total. The zero-order chi connectivity index (χ0) is 26.6. The molecule has 15 nitrogen and oxygen atoms in total. The van der Waals surface area contributed by atoms with Crippen molar-refractivity contribution in [2.45, 2.75) is 38.5 Å². The van der Waals surface area contributed by atoms with Gasteiger partial charge in [-0.2, -0.15) is 8.42 Å². The number of hydrogen-bond acceptors (Lipinski definition) is 11. The van der Waals surface area contributed by atoms with Gasteiger partial charge in [0, 0.05) is 38.8 Å². The standard InChI is InChI=1S/C19H25N3O12S/c1-2-10-33-18(28)7-9-21(14(24)4-3-13(23)20-8-11-35(30,31)32)17(27)12-19(29)34-22-15(25)5-6-16(22)26/h2H,1,3-12H2,(H,20,23)(H,30,31,32). The molecule has 35 heavy (non-hydrogen) atoms. The normalized spacial score (nSPS) is 13.2. The van der Waals surface area contributed by atoms with Gasteiger partial charge in [0.15, 0.2) is 0 Å². The Bertz CT molecular complexity index is 975. The second-order valence-electron chi connectivity index (χ2n) is 7.02. The fourth-order valence-electron chi connectivity index (χ4n) is 2.59. The first-order chi connectivity index (χ1) is 16.3. The first-order valence-corrected chi connectivity index (χ1v) is 11.8. The lowest BCUT2D eigenvalue weighted by molar-refractivity contribution is -0.198. The summed E-state index contributed by atoms with van der Waals surface area (Å²) in [5.74, 6) is -7.19. The highest BCUT2D eigenvalue weighted by Gasteiger charge is 2.34. The summed E-state index contributed by atoms with van der Waals surface area (Å²) in [7, 11) is -4.30. The van der Waals surface area contributed by atoms with Gasteiger partial charge in [0.2, 0.25) is 17.7 Å². The van der Waals surface area contributed by atoms with Crippen molar-refractivity contribution < 1.29 is 56.1 Å². The highest BCUT2D eigenvalue weighted by atomic mass is 32.2. The molecule has 1 rings (SSSR count). The Kier molecular flexibility index (Phi) is 11.7. The van der Waals surface area contributed by atoms with Gasteiger partial charge in [-0.3, -0.25) is 38.2 Å². The van der Waals surface area contributed by atoms with Gasteiger partial charge in [-0.15, -0.1) is 5.06 Å². The summed E-state index contributed by atoms with van der Waals surface area (Å²) in [5.41, 5.74) is 0. The molecular formula is C19H25N3O12S. The van der Waals surface area contributed by atoms with E-state index in [0.717, 1.165) is 0 Å². The van der Waals surface area contributed by atoms with Crippen molar-refractivity contribution in [3.63, 3.8) is 0 Å². The maximum atomic E-state index is 12.5. The zero-order valence-electron chi connectivity index (χ0n) is 18.6. The van der Waals surface area contributed by atoms with Crippen LogP contribution in [-0.2, 0) is 53.3 Å². The van der Waals surface area contributed by atoms with Crippen LogP contribution in [0.3, 0.4) is 0 Å². The van der Waals surface area contributed by atoms with Crippen molar-refractivity contribution in [3.8, 4) is 0 Å². The number of esters is 1. The highest BCUT2D eigenvalue weighted by Crippen LogP contribution is 2.13. The summed E-state index contributed by atoms with van der Waals surface area (Å²) < 4.78 is 34.7. The van der Waals surface area contributed by atoms with Gasteiger partial charge in [0.1, 0.15) is 13.0 Å². The lowest BCUT2D eigenvalue weighted by Gasteiger charge is -2.21. The molecule has 0 aromatic heterocycles. The quantitative estimate of drug-likeness (QED) is 0.0859. The van der Waals surface area contributed by atoms with E-state index in [9.17, 15) is 42.0 Å². The minimum absolute atomic E-state index is 0.116. The summed E-state index contributed by atoms with van der Waals surface area (Å²) in [6, 6.07) is 0. The number of hydrogen-bond donors (Lipinski definition) is 2. The molecule has 0 atom stereocenters. The third-order valence-electron chi connectivity index (χ3n) is 4.25. The van der Waals surface area contributed by atoms with E-state index < -0.39 is 96.1 Å². The molecule has 16 heteroatoms. The second-order valence-corrected chi connectivity index (χ2v) is 8.59. The van der Waals surface area contributed by atoms with E-state index in [4.69, 9.17) is 9.29 Å². The number of carbonyl (C=O) groups is 7. The smallest absolute Gasteiger partial charge is 0.342 e. The SMILES string of the molecule is C=CCOC(=O)CCN(C(=O)CCC(=O)NCCS(=O)(=O)O)C(=O)CC(=O)ON1C(=O)CCC1=O. The number of hydroxylamine groups is 2. The maximum absolute atomic E-state index is 12.5. The largest absolute Gasteiger partial charge is 0.461 e. The van der Waals surface area contributed by atoms with E-state index >= 15 is 0 Å². The molecule has 1 heterocycles. The predicted molar refractivity (Wildman–Crippen MR) is 113 cm³/mol. The van der Waals surface area contributed by atoms with Crippen molar-refractivity contribution in [3.05, 3.63) is 12.7 Å². The van der Waals surface area contributed by atoms with Crippen LogP contribution in [0.2, 0.25) is 0 Å². The van der Waals surface area contributed by atoms with Crippen LogP contribution < -0.4 is 5.32 Å². The van der Waals surface area contributed by atoms with Crippen LogP contribution in [-0.4, -0.2) is 89.9 Å². The van der Waals surface area contributed by atoms with Gasteiger partial charge in [-0.05, 0) is 0 Å². The highest BCUT2D eigenvalue weighted by molar-refractivity contribution is 7.85. The second kappa shape index (κ2) is 13.9. The van der Waals surface area contributed by atoms with Crippen molar-refractivity contribution in [1.29, 1.82) is 0 Å². The molecule has 0 spiro atoms. The van der Waals surface area contributed by atoms with Gasteiger partial charge in [-0.25, -0.2) is 4.79 Å². The molecule has 0 aromatic rings. The molecule has 0 saturated carbocycles. The Hall–Kier alpha value is -3.66. The van der Waals surface area contributed by atoms with Gasteiger partial charge in [0.25, 0.3) is 21.9 Å². The van der Waals surface area contributed by atoms with E-state index in [1.807, 2.05) is 0 Å². The Morgan fingerprint density at radius 2 is 1.66 bits per heavy atom. The molecule has 0 aromatic carbocycles. The van der Waals surface area contributed by atoms with Gasteiger partial charge >= 0.3 is 11.9 Å². The minimum atomic E-state index is -4.30. The average Bonchev–Trinajstić information content (AvgIpc) is 3.07. The van der Waals surface area contributed by atoms with E-state index in [-0.39, 0.29) is 24.5 Å². The topological polar surface area (TPSA) is 211 Å². The minimum Gasteiger partial charge on any atom is -0.461 e. The number of rotatable bonds is 14. The Morgan fingerprint density at radius 1 is 1.03 bits per heavy atom. The molecule has 0 bridgehead atoms. The number of ether oxygens (including phenoxy) is 1. The van der Waals surface area contributed by atoms with E-state index in [0.29, 0.717) is 4.90 Å². The van der Waals surface area contributed by atoms with Gasteiger partial charge in [0.05, 0.1) is 12.2 Å². The summed E-state index contributed by atoms with van der Waals surface area (Å²) >= 11 is 0. The maximum Gasteiger partial charge on any atom is 0.342 e. The van der Waals surface area contributed by atoms with E-state index in [1.54, 1.807) is 0 Å². The molecule has 0 unspecified atom stereocenters. The molecule has 1 fully saturated rings. The zero-order valence-corrected chi connectivity index (χ0v) is 19.4. The molecular weight excluding hydrogens is 494 g/mol. The summed E-state index contributed by atoms with van der Waals surface area (Å²) in [4.78, 5) is 88.7. The summed E-state index contributed by atoms with van der Waals surface area (Å²) in [6.45, 7) is 2.32. The Labute approximate surface area is 200 Å². The predicted octanol–water partition coefficient (Wildman–Crippen LogP) is -1.76. The van der Waals surface area contributed by atoms with E-state index in [1.165, 1.54) is 6.08 Å². The molecule has 1 aliphatic heterocycles. The van der Waals surface area contributed by atoms with Gasteiger partial charge in [-0.1, -0.05) is 12.7 Å². The van der Waals surface area contributed by atoms with Crippen molar-refractivity contribution >= 4 is 51.6 Å². The summed E-state index contributed by atoms with van der Waals surface area (Å²) in [6.07, 6.45) is -1.55. The number of nitrogens with zero attached hydrogens (tertiary/aromatic N) is 2. The lowest BCUT2D eigenvalue weighted by Crippen LogP contribution is -2.41. The number of amides is 5. The van der Waals surface area contributed by atoms with Crippen LogP contribution in [0.15, 0.2) is 12.7 Å². The fraction of sp³-hybridized carbons (Fsp3) is 0.526. The van der Waals surface area contributed by atoms with Crippen molar-refractivity contribution in [1.82, 2.24) is 15.3 Å². The van der Waals surface area contributed by atoms with Gasteiger partial charge < -0.3 is 14.9 Å². The molecule has 0 aliphatic carbocycles. The number of nitrogens with one attached hydrogen (secondary N) is 1. The first kappa shape index (κ1) is 29.4. The lowest BCUT2D eigenvalue weighted by atomic mass is 10.2. The van der Waals surface area contributed by atoms with Crippen LogP contribution in [0.25, 0.3) is 0 Å². The van der Waals surface area contributed by atoms with Crippen LogP contribution in [0, 0.1) is 0 Å². The number of carbonyl (C=O) groups excluding carboxylic acids is 7. The van der Waals surface area contributed by atoms with E-state index in [2.05, 4.69) is 16.7 Å². The molecule has 1 aliphatic rings. The Balaban J connectivity index is 2.73. The van der Waals surface area contributed by atoms with Crippen molar-refractivity contribution in [2.24, 2.45) is 0 Å². The molecule has 194 valence electrons. The first-order valence-electron chi connectivity index (χ1n) is 10.2. The molecule has 0 radical (unpaired) electrons. The number of imide groups is 2. The fourth-order valence-corrected chi connectivity index (χ4v) is 2.95. The third-order valence-corrected chi connectivity index (χ3v) is 4.97. The van der Waals surface area contributed by atoms with Crippen LogP contribution in [0.1, 0.15) is 38.5 Å². The van der Waals surface area contributed by atoms with Crippen molar-refractivity contribution in [2.75, 3.05) is 25.4 Å². The van der Waals surface area contributed by atoms with Crippen LogP contribution >= 0.6 is 0 Å². The molecule has 1 saturated heterocycles. The Morgan fingerprint density at radius 3 is 2.23 bits per heavy atom.